The molecule has 0 aliphatic heterocycles. The van der Waals surface area contributed by atoms with Crippen molar-refractivity contribution in [2.75, 3.05) is 0 Å². The average Bonchev–Trinajstić information content (AvgIpc) is 3.02. The summed E-state index contributed by atoms with van der Waals surface area (Å²) in [5, 5.41) is 6.30. The van der Waals surface area contributed by atoms with E-state index >= 15 is 0 Å². The fourth-order valence-corrected chi connectivity index (χ4v) is 4.49. The summed E-state index contributed by atoms with van der Waals surface area (Å²) in [5.41, 5.74) is 2.36. The van der Waals surface area contributed by atoms with E-state index in [2.05, 4.69) is 22.5 Å². The van der Waals surface area contributed by atoms with Gasteiger partial charge in [0.2, 0.25) is 0 Å². The topological polar surface area (TPSA) is 54.0 Å². The summed E-state index contributed by atoms with van der Waals surface area (Å²) in [4.78, 5) is 16.5. The quantitative estimate of drug-likeness (QED) is 0.883. The lowest BCUT2D eigenvalue weighted by Crippen LogP contribution is -2.45. The fraction of sp³-hybridized carbons (Fsp3) is 0.684. The summed E-state index contributed by atoms with van der Waals surface area (Å²) in [6.07, 6.45) is 12.4. The van der Waals surface area contributed by atoms with E-state index in [0.29, 0.717) is 6.04 Å². The van der Waals surface area contributed by atoms with Gasteiger partial charge in [-0.2, -0.15) is 0 Å². The summed E-state index contributed by atoms with van der Waals surface area (Å²) < 4.78 is 0. The maximum atomic E-state index is 12.3. The van der Waals surface area contributed by atoms with Crippen LogP contribution < -0.4 is 10.6 Å². The number of aryl methyl sites for hydroxylation is 1. The molecule has 0 aromatic carbocycles. The Hall–Kier alpha value is -1.58. The van der Waals surface area contributed by atoms with Gasteiger partial charge in [0.25, 0.3) is 0 Å². The first-order chi connectivity index (χ1) is 11.2. The Morgan fingerprint density at radius 2 is 2.13 bits per heavy atom. The monoisotopic (exact) mass is 315 g/mol. The van der Waals surface area contributed by atoms with Gasteiger partial charge in [0.05, 0.1) is 6.04 Å². The average molecular weight is 315 g/mol. The van der Waals surface area contributed by atoms with Gasteiger partial charge in [0, 0.05) is 18.4 Å². The summed E-state index contributed by atoms with van der Waals surface area (Å²) in [6, 6.07) is 2.34. The van der Waals surface area contributed by atoms with Crippen molar-refractivity contribution in [2.24, 2.45) is 11.8 Å². The third kappa shape index (κ3) is 3.85. The first-order valence-electron chi connectivity index (χ1n) is 9.17. The molecule has 4 unspecified atom stereocenters. The molecule has 1 aromatic rings. The van der Waals surface area contributed by atoms with Gasteiger partial charge in [-0.05, 0) is 61.6 Å². The number of carbonyl (C=O) groups is 1. The second-order valence-corrected chi connectivity index (χ2v) is 7.23. The van der Waals surface area contributed by atoms with Gasteiger partial charge in [-0.15, -0.1) is 0 Å². The van der Waals surface area contributed by atoms with Crippen LogP contribution in [-0.4, -0.2) is 17.1 Å². The number of fused-ring (bicyclic) bond motifs is 1. The molecule has 2 aliphatic rings. The van der Waals surface area contributed by atoms with Crippen LogP contribution in [0.3, 0.4) is 0 Å². The molecule has 2 amide bonds. The van der Waals surface area contributed by atoms with Gasteiger partial charge in [-0.3, -0.25) is 4.98 Å². The highest BCUT2D eigenvalue weighted by Crippen LogP contribution is 2.42. The normalized spacial score (nSPS) is 28.0. The first kappa shape index (κ1) is 16.3. The predicted octanol–water partition coefficient (Wildman–Crippen LogP) is 3.97. The number of aromatic nitrogens is 1. The molecule has 4 nitrogen and oxygen atoms in total. The number of pyridine rings is 1. The molecule has 4 atom stereocenters. The number of amides is 2. The third-order valence-corrected chi connectivity index (χ3v) is 5.76. The summed E-state index contributed by atoms with van der Waals surface area (Å²) in [5.74, 6) is 1.78. The molecule has 23 heavy (non-hydrogen) atoms. The largest absolute Gasteiger partial charge is 0.335 e. The van der Waals surface area contributed by atoms with Crippen molar-refractivity contribution in [2.45, 2.75) is 70.9 Å². The second kappa shape index (κ2) is 7.33. The highest BCUT2D eigenvalue weighted by atomic mass is 16.2. The van der Waals surface area contributed by atoms with E-state index in [0.717, 1.165) is 30.2 Å². The molecule has 1 heterocycles. The Balaban J connectivity index is 1.52. The van der Waals surface area contributed by atoms with Gasteiger partial charge < -0.3 is 10.6 Å². The van der Waals surface area contributed by atoms with Crippen molar-refractivity contribution in [1.82, 2.24) is 15.6 Å². The molecular formula is C19H29N3O. The van der Waals surface area contributed by atoms with Crippen molar-refractivity contribution in [3.05, 3.63) is 29.6 Å². The number of carbonyl (C=O) groups excluding carboxylic acids is 1. The van der Waals surface area contributed by atoms with E-state index in [4.69, 9.17) is 0 Å². The molecule has 2 fully saturated rings. The van der Waals surface area contributed by atoms with Crippen molar-refractivity contribution < 1.29 is 4.79 Å². The molecule has 0 saturated heterocycles. The van der Waals surface area contributed by atoms with E-state index < -0.39 is 0 Å². The zero-order valence-corrected chi connectivity index (χ0v) is 14.3. The van der Waals surface area contributed by atoms with E-state index in [-0.39, 0.29) is 12.1 Å². The van der Waals surface area contributed by atoms with Crippen LogP contribution in [0.25, 0.3) is 0 Å². The van der Waals surface area contributed by atoms with Crippen LogP contribution >= 0.6 is 0 Å². The van der Waals surface area contributed by atoms with Crippen molar-refractivity contribution in [1.29, 1.82) is 0 Å². The molecule has 126 valence electrons. The van der Waals surface area contributed by atoms with Crippen LogP contribution in [0.1, 0.15) is 69.5 Å². The zero-order chi connectivity index (χ0) is 16.2. The Morgan fingerprint density at radius 1 is 1.30 bits per heavy atom. The zero-order valence-electron chi connectivity index (χ0n) is 14.3. The highest BCUT2D eigenvalue weighted by molar-refractivity contribution is 5.74. The highest BCUT2D eigenvalue weighted by Gasteiger charge is 2.34. The molecule has 2 aliphatic carbocycles. The lowest BCUT2D eigenvalue weighted by atomic mass is 9.79. The lowest BCUT2D eigenvalue weighted by molar-refractivity contribution is 0.206. The molecule has 3 rings (SSSR count). The molecule has 4 heteroatoms. The van der Waals surface area contributed by atoms with E-state index in [9.17, 15) is 4.79 Å². The minimum Gasteiger partial charge on any atom is -0.335 e. The van der Waals surface area contributed by atoms with Crippen molar-refractivity contribution >= 4 is 6.03 Å². The minimum atomic E-state index is -0.0298. The standard InChI is InChI=1S/C19H29N3O/c1-3-14-12-20-10-9-18(14)13(2)21-19(23)22-17-8-7-15-5-4-6-16(15)11-17/h9-10,12-13,15-17H,3-8,11H2,1-2H3,(H2,21,22,23). The van der Waals surface area contributed by atoms with E-state index in [1.807, 2.05) is 19.2 Å². The number of nitrogens with one attached hydrogen (secondary N) is 2. The van der Waals surface area contributed by atoms with Gasteiger partial charge in [-0.1, -0.05) is 26.2 Å². The Kier molecular flexibility index (Phi) is 5.19. The van der Waals surface area contributed by atoms with Gasteiger partial charge in [0.1, 0.15) is 0 Å². The molecule has 0 bridgehead atoms. The van der Waals surface area contributed by atoms with Gasteiger partial charge >= 0.3 is 6.03 Å². The van der Waals surface area contributed by atoms with Gasteiger partial charge in [-0.25, -0.2) is 4.79 Å². The Labute approximate surface area is 139 Å². The fourth-order valence-electron chi connectivity index (χ4n) is 4.49. The number of hydrogen-bond acceptors (Lipinski definition) is 2. The SMILES string of the molecule is CCc1cnccc1C(C)NC(=O)NC1CCC2CCCC2C1. The second-order valence-electron chi connectivity index (χ2n) is 7.23. The number of nitrogens with zero attached hydrogens (tertiary/aromatic N) is 1. The van der Waals surface area contributed by atoms with Crippen LogP contribution in [-0.2, 0) is 6.42 Å². The van der Waals surface area contributed by atoms with Crippen LogP contribution in [0.2, 0.25) is 0 Å². The van der Waals surface area contributed by atoms with E-state index in [1.165, 1.54) is 37.7 Å². The molecule has 1 aromatic heterocycles. The maximum absolute atomic E-state index is 12.3. The Morgan fingerprint density at radius 3 is 2.96 bits per heavy atom. The molecule has 0 radical (unpaired) electrons. The van der Waals surface area contributed by atoms with E-state index in [1.54, 1.807) is 6.20 Å². The van der Waals surface area contributed by atoms with Crippen LogP contribution in [0.4, 0.5) is 4.79 Å². The first-order valence-corrected chi connectivity index (χ1v) is 9.17. The van der Waals surface area contributed by atoms with Crippen LogP contribution in [0.15, 0.2) is 18.5 Å². The van der Waals surface area contributed by atoms with Crippen LogP contribution in [0.5, 0.6) is 0 Å². The number of rotatable bonds is 4. The summed E-state index contributed by atoms with van der Waals surface area (Å²) in [6.45, 7) is 4.16. The summed E-state index contributed by atoms with van der Waals surface area (Å²) in [7, 11) is 0. The number of urea groups is 1. The maximum Gasteiger partial charge on any atom is 0.315 e. The number of hydrogen-bond donors (Lipinski definition) is 2. The summed E-state index contributed by atoms with van der Waals surface area (Å²) >= 11 is 0. The predicted molar refractivity (Wildman–Crippen MR) is 92.2 cm³/mol. The molecule has 0 spiro atoms. The lowest BCUT2D eigenvalue weighted by Gasteiger charge is -2.32. The minimum absolute atomic E-state index is 0.00997. The van der Waals surface area contributed by atoms with Crippen molar-refractivity contribution in [3.63, 3.8) is 0 Å². The smallest absolute Gasteiger partial charge is 0.315 e. The van der Waals surface area contributed by atoms with Gasteiger partial charge in [0.15, 0.2) is 0 Å². The molecular weight excluding hydrogens is 286 g/mol. The van der Waals surface area contributed by atoms with Crippen molar-refractivity contribution in [3.8, 4) is 0 Å². The molecule has 2 saturated carbocycles. The Bertz CT molecular complexity index is 545. The third-order valence-electron chi connectivity index (χ3n) is 5.76. The molecule has 2 N–H and O–H groups in total. The van der Waals surface area contributed by atoms with Crippen LogP contribution in [0, 0.1) is 11.8 Å².